The molecule has 7 heteroatoms. The number of nitrogens with zero attached hydrogens (tertiary/aromatic N) is 3. The van der Waals surface area contributed by atoms with Crippen molar-refractivity contribution in [3.63, 3.8) is 0 Å². The molecule has 0 bridgehead atoms. The van der Waals surface area contributed by atoms with Gasteiger partial charge in [-0.05, 0) is 87.1 Å². The Hall–Kier alpha value is -4.39. The third kappa shape index (κ3) is 4.79. The van der Waals surface area contributed by atoms with Gasteiger partial charge >= 0.3 is 0 Å². The predicted octanol–water partition coefficient (Wildman–Crippen LogP) is 7.25. The number of nitrogens with one attached hydrogen (secondary N) is 1. The topological polar surface area (TPSA) is 82.1 Å². The first kappa shape index (κ1) is 26.8. The van der Waals surface area contributed by atoms with Crippen molar-refractivity contribution in [1.82, 2.24) is 19.4 Å². The van der Waals surface area contributed by atoms with E-state index in [9.17, 15) is 9.59 Å². The summed E-state index contributed by atoms with van der Waals surface area (Å²) in [4.78, 5) is 29.9. The molecular weight excluding hydrogens is 512 g/mol. The van der Waals surface area contributed by atoms with Gasteiger partial charge in [0.25, 0.3) is 5.91 Å². The summed E-state index contributed by atoms with van der Waals surface area (Å²) >= 11 is 0. The quantitative estimate of drug-likeness (QED) is 0.217. The molecule has 2 aromatic carbocycles. The third-order valence-corrected chi connectivity index (χ3v) is 8.46. The third-order valence-electron chi connectivity index (χ3n) is 8.46. The largest absolute Gasteiger partial charge is 0.472 e. The summed E-state index contributed by atoms with van der Waals surface area (Å²) < 4.78 is 9.67. The van der Waals surface area contributed by atoms with Crippen LogP contribution in [0.15, 0.2) is 65.5 Å². The number of carbonyl (C=O) groups is 2. The number of carbonyl (C=O) groups excluding carboxylic acids is 2. The molecule has 41 heavy (non-hydrogen) atoms. The molecule has 0 aliphatic heterocycles. The molecule has 0 unspecified atom stereocenters. The van der Waals surface area contributed by atoms with Crippen molar-refractivity contribution in [2.75, 3.05) is 0 Å². The number of furan rings is 1. The van der Waals surface area contributed by atoms with Gasteiger partial charge in [0.1, 0.15) is 5.82 Å². The monoisotopic (exact) mass is 548 g/mol. The van der Waals surface area contributed by atoms with Crippen molar-refractivity contribution in [2.24, 2.45) is 14.1 Å². The molecule has 0 saturated heterocycles. The van der Waals surface area contributed by atoms with Crippen molar-refractivity contribution in [3.05, 3.63) is 83.6 Å². The number of aryl methyl sites for hydroxylation is 2. The normalized spacial score (nSPS) is 14.6. The van der Waals surface area contributed by atoms with Crippen LogP contribution in [0.25, 0.3) is 39.3 Å². The van der Waals surface area contributed by atoms with E-state index in [0.717, 1.165) is 33.5 Å². The van der Waals surface area contributed by atoms with Crippen LogP contribution in [0.1, 0.15) is 79.7 Å². The van der Waals surface area contributed by atoms with Crippen LogP contribution in [-0.4, -0.2) is 25.8 Å². The zero-order valence-corrected chi connectivity index (χ0v) is 24.3. The van der Waals surface area contributed by atoms with Crippen LogP contribution in [-0.2, 0) is 24.4 Å². The number of benzene rings is 2. The Morgan fingerprint density at radius 3 is 2.51 bits per heavy atom. The highest BCUT2D eigenvalue weighted by molar-refractivity contribution is 6.01. The van der Waals surface area contributed by atoms with Crippen LogP contribution in [0.4, 0.5) is 0 Å². The highest BCUT2D eigenvalue weighted by Crippen LogP contribution is 2.44. The zero-order valence-electron chi connectivity index (χ0n) is 24.3. The minimum atomic E-state index is -0.736. The summed E-state index contributed by atoms with van der Waals surface area (Å²) in [6.07, 6.45) is 11.8. The number of hydrogen-bond donors (Lipinski definition) is 1. The van der Waals surface area contributed by atoms with Gasteiger partial charge in [-0.15, -0.1) is 0 Å². The molecule has 0 spiro atoms. The Kier molecular flexibility index (Phi) is 6.68. The SMILES string of the molecule is CC(=O)/C=C/c1ccc2nc(C(C)(C)NC(=O)c3ccc4c(C5CCCC5)c(-c5ccoc5)n(C)c4c3)n(C)c2c1. The molecule has 210 valence electrons. The predicted molar refractivity (Wildman–Crippen MR) is 163 cm³/mol. The van der Waals surface area contributed by atoms with Crippen molar-refractivity contribution in [3.8, 4) is 11.3 Å². The molecule has 5 aromatic rings. The lowest BCUT2D eigenvalue weighted by Crippen LogP contribution is -2.42. The lowest BCUT2D eigenvalue weighted by atomic mass is 9.92. The summed E-state index contributed by atoms with van der Waals surface area (Å²) in [5, 5.41) is 4.43. The second kappa shape index (κ2) is 10.2. The lowest BCUT2D eigenvalue weighted by Gasteiger charge is -2.26. The molecule has 1 aliphatic carbocycles. The summed E-state index contributed by atoms with van der Waals surface area (Å²) in [5.74, 6) is 1.11. The van der Waals surface area contributed by atoms with Gasteiger partial charge in [0.15, 0.2) is 5.78 Å². The molecule has 1 amide bonds. The fourth-order valence-corrected chi connectivity index (χ4v) is 6.48. The van der Waals surface area contributed by atoms with E-state index in [0.29, 0.717) is 11.5 Å². The number of amides is 1. The number of rotatable bonds is 7. The standard InChI is InChI=1S/C34H36N4O3/c1-21(39)10-11-22-12-15-27-29(18-22)38(5)33(35-27)34(2,3)36-32(40)24-13-14-26-28(19-24)37(4)31(25-16-17-41-20-25)30(26)23-8-6-7-9-23/h10-20,23H,6-9H2,1-5H3,(H,36,40)/b11-10+. The first-order valence-corrected chi connectivity index (χ1v) is 14.3. The smallest absolute Gasteiger partial charge is 0.252 e. The zero-order chi connectivity index (χ0) is 28.9. The molecule has 3 aromatic heterocycles. The average molecular weight is 549 g/mol. The maximum absolute atomic E-state index is 13.7. The minimum Gasteiger partial charge on any atom is -0.472 e. The van der Waals surface area contributed by atoms with Crippen molar-refractivity contribution >= 4 is 39.7 Å². The molecular formula is C34H36N4O3. The fraction of sp³-hybridized carbons (Fsp3) is 0.324. The van der Waals surface area contributed by atoms with E-state index in [1.807, 2.05) is 68.1 Å². The number of hydrogen-bond acceptors (Lipinski definition) is 4. The molecule has 1 aliphatic rings. The second-order valence-electron chi connectivity index (χ2n) is 11.8. The molecule has 1 N–H and O–H groups in total. The highest BCUT2D eigenvalue weighted by atomic mass is 16.3. The highest BCUT2D eigenvalue weighted by Gasteiger charge is 2.31. The van der Waals surface area contributed by atoms with Crippen LogP contribution >= 0.6 is 0 Å². The maximum Gasteiger partial charge on any atom is 0.252 e. The summed E-state index contributed by atoms with van der Waals surface area (Å²) in [6, 6.07) is 14.0. The van der Waals surface area contributed by atoms with Crippen LogP contribution in [0.2, 0.25) is 0 Å². The van der Waals surface area contributed by atoms with Gasteiger partial charge in [0, 0.05) is 36.1 Å². The van der Waals surface area contributed by atoms with Gasteiger partial charge in [0.05, 0.1) is 34.8 Å². The van der Waals surface area contributed by atoms with Crippen LogP contribution in [0, 0.1) is 0 Å². The first-order valence-electron chi connectivity index (χ1n) is 14.3. The number of allylic oxidation sites excluding steroid dienone is 1. The second-order valence-corrected chi connectivity index (χ2v) is 11.8. The number of aromatic nitrogens is 3. The van der Waals surface area contributed by atoms with Crippen molar-refractivity contribution < 1.29 is 14.0 Å². The van der Waals surface area contributed by atoms with E-state index in [4.69, 9.17) is 9.40 Å². The van der Waals surface area contributed by atoms with Gasteiger partial charge in [-0.2, -0.15) is 0 Å². The average Bonchev–Trinajstić information content (AvgIpc) is 3.74. The Bertz CT molecular complexity index is 1810. The molecule has 6 rings (SSSR count). The Labute approximate surface area is 239 Å². The van der Waals surface area contributed by atoms with E-state index in [1.54, 1.807) is 18.4 Å². The molecule has 0 atom stereocenters. The number of imidazole rings is 1. The van der Waals surface area contributed by atoms with E-state index >= 15 is 0 Å². The van der Waals surface area contributed by atoms with Gasteiger partial charge in [-0.1, -0.05) is 31.1 Å². The summed E-state index contributed by atoms with van der Waals surface area (Å²) in [7, 11) is 4.03. The Morgan fingerprint density at radius 1 is 1.02 bits per heavy atom. The first-order chi connectivity index (χ1) is 19.6. The maximum atomic E-state index is 13.7. The molecule has 1 saturated carbocycles. The molecule has 7 nitrogen and oxygen atoms in total. The van der Waals surface area contributed by atoms with E-state index < -0.39 is 5.54 Å². The Morgan fingerprint density at radius 2 is 1.80 bits per heavy atom. The van der Waals surface area contributed by atoms with Gasteiger partial charge in [0.2, 0.25) is 0 Å². The van der Waals surface area contributed by atoms with E-state index in [-0.39, 0.29) is 11.7 Å². The lowest BCUT2D eigenvalue weighted by molar-refractivity contribution is -0.112. The van der Waals surface area contributed by atoms with Crippen LogP contribution in [0.5, 0.6) is 0 Å². The van der Waals surface area contributed by atoms with Gasteiger partial charge < -0.3 is 18.9 Å². The molecule has 0 radical (unpaired) electrons. The molecule has 3 heterocycles. The van der Waals surface area contributed by atoms with Crippen LogP contribution < -0.4 is 5.32 Å². The van der Waals surface area contributed by atoms with E-state index in [1.165, 1.54) is 49.3 Å². The minimum absolute atomic E-state index is 0.000583. The van der Waals surface area contributed by atoms with Gasteiger partial charge in [-0.3, -0.25) is 9.59 Å². The number of ketones is 1. The van der Waals surface area contributed by atoms with Crippen LogP contribution in [0.3, 0.4) is 0 Å². The summed E-state index contributed by atoms with van der Waals surface area (Å²) in [6.45, 7) is 5.47. The Balaban J connectivity index is 1.34. The summed E-state index contributed by atoms with van der Waals surface area (Å²) in [5.41, 5.74) is 7.22. The van der Waals surface area contributed by atoms with Crippen molar-refractivity contribution in [1.29, 1.82) is 0 Å². The van der Waals surface area contributed by atoms with E-state index in [2.05, 4.69) is 23.0 Å². The molecule has 1 fully saturated rings. The number of fused-ring (bicyclic) bond motifs is 2. The van der Waals surface area contributed by atoms with Crippen molar-refractivity contribution in [2.45, 2.75) is 57.9 Å². The fourth-order valence-electron chi connectivity index (χ4n) is 6.48. The van der Waals surface area contributed by atoms with Gasteiger partial charge in [-0.25, -0.2) is 4.98 Å².